The number of rotatable bonds is 14. The quantitative estimate of drug-likeness (QED) is 0.177. The van der Waals surface area contributed by atoms with Crippen LogP contribution in [-0.4, -0.2) is 44.3 Å². The van der Waals surface area contributed by atoms with Gasteiger partial charge in [-0.25, -0.2) is 12.8 Å². The summed E-state index contributed by atoms with van der Waals surface area (Å²) in [5, 5.41) is 2.89. The normalized spacial score (nSPS) is 12.0. The van der Waals surface area contributed by atoms with Crippen LogP contribution in [0.4, 0.5) is 10.1 Å². The van der Waals surface area contributed by atoms with E-state index in [4.69, 9.17) is 0 Å². The van der Waals surface area contributed by atoms with Crippen LogP contribution >= 0.6 is 0 Å². The second kappa shape index (κ2) is 15.5. The molecular weight excluding hydrogens is 589 g/mol. The minimum absolute atomic E-state index is 0.0212. The first-order chi connectivity index (χ1) is 21.6. The molecule has 0 saturated carbocycles. The molecule has 236 valence electrons. The number of benzene rings is 4. The van der Waals surface area contributed by atoms with Crippen molar-refractivity contribution in [3.05, 3.63) is 132 Å². The maximum atomic E-state index is 15.0. The lowest BCUT2D eigenvalue weighted by molar-refractivity contribution is -0.140. The average Bonchev–Trinajstić information content (AvgIpc) is 3.05. The Kier molecular flexibility index (Phi) is 11.5. The van der Waals surface area contributed by atoms with E-state index in [-0.39, 0.29) is 29.3 Å². The molecule has 0 aliphatic rings. The molecule has 4 aromatic carbocycles. The monoisotopic (exact) mass is 629 g/mol. The summed E-state index contributed by atoms with van der Waals surface area (Å²) in [5.74, 6) is -1.35. The summed E-state index contributed by atoms with van der Waals surface area (Å²) in [6, 6.07) is 29.2. The fraction of sp³-hybridized carbons (Fsp3) is 0.278. The minimum atomic E-state index is -4.20. The number of nitrogens with zero attached hydrogens (tertiary/aromatic N) is 2. The van der Waals surface area contributed by atoms with E-state index in [1.54, 1.807) is 48.5 Å². The Morgan fingerprint density at radius 1 is 0.822 bits per heavy atom. The average molecular weight is 630 g/mol. The van der Waals surface area contributed by atoms with Crippen LogP contribution in [-0.2, 0) is 32.6 Å². The van der Waals surface area contributed by atoms with E-state index in [1.165, 1.54) is 23.1 Å². The highest BCUT2D eigenvalue weighted by molar-refractivity contribution is 7.92. The molecule has 4 rings (SSSR count). The van der Waals surface area contributed by atoms with Crippen LogP contribution in [0, 0.1) is 5.82 Å². The summed E-state index contributed by atoms with van der Waals surface area (Å²) in [7, 11) is -4.20. The fourth-order valence-corrected chi connectivity index (χ4v) is 6.44. The molecule has 0 radical (unpaired) electrons. The number of carbonyl (C=O) groups is 2. The number of amides is 2. The number of anilines is 1. The number of carbonyl (C=O) groups excluding carboxylic acids is 2. The summed E-state index contributed by atoms with van der Waals surface area (Å²) in [5.41, 5.74) is 2.33. The fourth-order valence-electron chi connectivity index (χ4n) is 5.00. The zero-order chi connectivity index (χ0) is 32.4. The molecule has 0 unspecified atom stereocenters. The summed E-state index contributed by atoms with van der Waals surface area (Å²) < 4.78 is 44.2. The Hall–Kier alpha value is -4.50. The minimum Gasteiger partial charge on any atom is -0.354 e. The second-order valence-corrected chi connectivity index (χ2v) is 13.0. The predicted molar refractivity (Wildman–Crippen MR) is 176 cm³/mol. The van der Waals surface area contributed by atoms with Gasteiger partial charge in [-0.2, -0.15) is 0 Å². The van der Waals surface area contributed by atoms with Crippen molar-refractivity contribution < 1.29 is 22.4 Å². The lowest BCUT2D eigenvalue weighted by atomic mass is 10.0. The van der Waals surface area contributed by atoms with Crippen LogP contribution in [0.1, 0.15) is 49.8 Å². The number of nitrogens with one attached hydrogen (secondary N) is 1. The number of sulfonamides is 1. The first-order valence-corrected chi connectivity index (χ1v) is 16.6. The third-order valence-electron chi connectivity index (χ3n) is 7.58. The van der Waals surface area contributed by atoms with Crippen molar-refractivity contribution in [2.45, 2.75) is 57.0 Å². The molecule has 0 spiro atoms. The van der Waals surface area contributed by atoms with Crippen LogP contribution in [0.15, 0.2) is 114 Å². The lowest BCUT2D eigenvalue weighted by Crippen LogP contribution is -2.53. The van der Waals surface area contributed by atoms with Gasteiger partial charge in [-0.3, -0.25) is 13.9 Å². The number of halogens is 1. The van der Waals surface area contributed by atoms with Crippen LogP contribution in [0.5, 0.6) is 0 Å². The number of hydrogen-bond acceptors (Lipinski definition) is 4. The highest BCUT2D eigenvalue weighted by atomic mass is 32.2. The maximum Gasteiger partial charge on any atom is 0.264 e. The molecule has 4 aromatic rings. The molecule has 45 heavy (non-hydrogen) atoms. The van der Waals surface area contributed by atoms with E-state index in [9.17, 15) is 18.0 Å². The molecule has 0 aliphatic heterocycles. The highest BCUT2D eigenvalue weighted by Gasteiger charge is 2.35. The molecule has 0 aromatic heterocycles. The van der Waals surface area contributed by atoms with Crippen molar-refractivity contribution in [1.29, 1.82) is 0 Å². The van der Waals surface area contributed by atoms with Gasteiger partial charge in [0.15, 0.2) is 0 Å². The first-order valence-electron chi connectivity index (χ1n) is 15.1. The second-order valence-electron chi connectivity index (χ2n) is 11.2. The van der Waals surface area contributed by atoms with E-state index in [0.717, 1.165) is 15.4 Å². The SMILES string of the molecule is CCCNC(=O)[C@@H](Cc1ccccc1)N(Cc1ccccc1F)C(=O)CN(c1ccc(C(C)C)cc1)S(=O)(=O)c1ccccc1. The van der Waals surface area contributed by atoms with Gasteiger partial charge in [0.2, 0.25) is 11.8 Å². The van der Waals surface area contributed by atoms with Gasteiger partial charge in [0, 0.05) is 25.1 Å². The van der Waals surface area contributed by atoms with Gasteiger partial charge in [0.05, 0.1) is 10.6 Å². The third kappa shape index (κ3) is 8.57. The molecule has 1 atom stereocenters. The largest absolute Gasteiger partial charge is 0.354 e. The standard InChI is InChI=1S/C36H40FN3O4S/c1-4-23-38-36(42)34(24-28-13-7-5-8-14-28)39(25-30-15-11-12-18-33(30)37)35(41)26-40(31-21-19-29(20-22-31)27(2)3)45(43,44)32-16-9-6-10-17-32/h5-22,27,34H,4,23-26H2,1-3H3,(H,38,42)/t34-/m1/s1. The van der Waals surface area contributed by atoms with E-state index in [2.05, 4.69) is 5.32 Å². The van der Waals surface area contributed by atoms with E-state index in [0.29, 0.717) is 18.7 Å². The van der Waals surface area contributed by atoms with E-state index in [1.807, 2.05) is 63.2 Å². The van der Waals surface area contributed by atoms with Gasteiger partial charge in [0.25, 0.3) is 10.0 Å². The summed E-state index contributed by atoms with van der Waals surface area (Å²) in [6.45, 7) is 5.56. The maximum absolute atomic E-state index is 15.0. The van der Waals surface area contributed by atoms with Crippen LogP contribution < -0.4 is 9.62 Å². The summed E-state index contributed by atoms with van der Waals surface area (Å²) >= 11 is 0. The molecular formula is C36H40FN3O4S. The van der Waals surface area contributed by atoms with Crippen LogP contribution in [0.3, 0.4) is 0 Å². The molecule has 9 heteroatoms. The molecule has 2 amide bonds. The molecule has 0 fully saturated rings. The Morgan fingerprint density at radius 3 is 2.02 bits per heavy atom. The Morgan fingerprint density at radius 2 is 1.42 bits per heavy atom. The smallest absolute Gasteiger partial charge is 0.264 e. The van der Waals surface area contributed by atoms with Gasteiger partial charge >= 0.3 is 0 Å². The third-order valence-corrected chi connectivity index (χ3v) is 9.36. The van der Waals surface area contributed by atoms with Crippen molar-refractivity contribution in [2.75, 3.05) is 17.4 Å². The lowest BCUT2D eigenvalue weighted by Gasteiger charge is -2.34. The molecule has 0 heterocycles. The summed E-state index contributed by atoms with van der Waals surface area (Å²) in [4.78, 5) is 29.4. The molecule has 7 nitrogen and oxygen atoms in total. The van der Waals surface area contributed by atoms with Gasteiger partial charge < -0.3 is 10.2 Å². The Labute approximate surface area is 265 Å². The predicted octanol–water partition coefficient (Wildman–Crippen LogP) is 6.31. The van der Waals surface area contributed by atoms with Gasteiger partial charge in [-0.05, 0) is 53.8 Å². The van der Waals surface area contributed by atoms with Gasteiger partial charge in [-0.15, -0.1) is 0 Å². The molecule has 1 N–H and O–H groups in total. The summed E-state index contributed by atoms with van der Waals surface area (Å²) in [6.07, 6.45) is 0.839. The van der Waals surface area contributed by atoms with Crippen molar-refractivity contribution in [3.8, 4) is 0 Å². The zero-order valence-electron chi connectivity index (χ0n) is 25.9. The molecule has 0 saturated heterocycles. The zero-order valence-corrected chi connectivity index (χ0v) is 26.7. The highest BCUT2D eigenvalue weighted by Crippen LogP contribution is 2.27. The van der Waals surface area contributed by atoms with Crippen LogP contribution in [0.25, 0.3) is 0 Å². The van der Waals surface area contributed by atoms with E-state index < -0.39 is 40.2 Å². The van der Waals surface area contributed by atoms with Crippen molar-refractivity contribution in [1.82, 2.24) is 10.2 Å². The van der Waals surface area contributed by atoms with Crippen molar-refractivity contribution in [2.24, 2.45) is 0 Å². The molecule has 0 aliphatic carbocycles. The van der Waals surface area contributed by atoms with Gasteiger partial charge in [-0.1, -0.05) is 99.6 Å². The molecule has 0 bridgehead atoms. The van der Waals surface area contributed by atoms with Crippen LogP contribution in [0.2, 0.25) is 0 Å². The Balaban J connectivity index is 1.80. The van der Waals surface area contributed by atoms with Gasteiger partial charge in [0.1, 0.15) is 18.4 Å². The van der Waals surface area contributed by atoms with Crippen molar-refractivity contribution >= 4 is 27.5 Å². The number of hydrogen-bond donors (Lipinski definition) is 1. The van der Waals surface area contributed by atoms with E-state index >= 15 is 4.39 Å². The first kappa shape index (κ1) is 33.4. The Bertz CT molecular complexity index is 1660. The topological polar surface area (TPSA) is 86.8 Å². The van der Waals surface area contributed by atoms with Crippen molar-refractivity contribution in [3.63, 3.8) is 0 Å².